The van der Waals surface area contributed by atoms with Crippen LogP contribution in [0.15, 0.2) is 25.3 Å². The zero-order valence-electron chi connectivity index (χ0n) is 12.7. The fourth-order valence-electron chi connectivity index (χ4n) is 2.16. The molecular weight excluding hydrogens is 222 g/mol. The lowest BCUT2D eigenvalue weighted by atomic mass is 10.4. The van der Waals surface area contributed by atoms with Gasteiger partial charge >= 0.3 is 5.96 Å². The van der Waals surface area contributed by atoms with Crippen LogP contribution < -0.4 is 0 Å². The van der Waals surface area contributed by atoms with Gasteiger partial charge in [0.2, 0.25) is 0 Å². The Balaban J connectivity index is 5.52. The van der Waals surface area contributed by atoms with Crippen molar-refractivity contribution in [2.24, 2.45) is 0 Å². The lowest BCUT2D eigenvalue weighted by Crippen LogP contribution is -2.50. The van der Waals surface area contributed by atoms with Gasteiger partial charge in [-0.25, -0.2) is 0 Å². The number of nitrogens with zero attached hydrogens (tertiary/aromatic N) is 3. The summed E-state index contributed by atoms with van der Waals surface area (Å²) >= 11 is 0. The number of hydrogen-bond acceptors (Lipinski definition) is 0. The van der Waals surface area contributed by atoms with Crippen molar-refractivity contribution in [2.45, 2.75) is 27.7 Å². The van der Waals surface area contributed by atoms with E-state index in [0.29, 0.717) is 0 Å². The number of guanidine groups is 1. The molecule has 0 saturated carbocycles. The highest BCUT2D eigenvalue weighted by atomic mass is 15.4. The zero-order chi connectivity index (χ0) is 14.0. The topological polar surface area (TPSA) is 9.49 Å². The Labute approximate surface area is 113 Å². The molecule has 0 saturated heterocycles. The highest BCUT2D eigenvalue weighted by Crippen LogP contribution is 2.01. The molecule has 0 amide bonds. The van der Waals surface area contributed by atoms with Crippen LogP contribution in [-0.2, 0) is 0 Å². The highest BCUT2D eigenvalue weighted by Gasteiger charge is 2.24. The summed E-state index contributed by atoms with van der Waals surface area (Å²) in [6, 6.07) is 0. The Morgan fingerprint density at radius 2 is 1.17 bits per heavy atom. The van der Waals surface area contributed by atoms with Gasteiger partial charge in [0.05, 0.1) is 39.3 Å². The fourth-order valence-corrected chi connectivity index (χ4v) is 2.16. The summed E-state index contributed by atoms with van der Waals surface area (Å²) in [5.74, 6) is 1.30. The van der Waals surface area contributed by atoms with Gasteiger partial charge in [-0.15, -0.1) is 0 Å². The molecule has 0 aliphatic carbocycles. The average molecular weight is 252 g/mol. The van der Waals surface area contributed by atoms with Gasteiger partial charge in [0.1, 0.15) is 0 Å². The van der Waals surface area contributed by atoms with Crippen molar-refractivity contribution in [1.82, 2.24) is 9.80 Å². The molecule has 0 aromatic rings. The number of hydrogen-bond donors (Lipinski definition) is 0. The molecule has 0 radical (unpaired) electrons. The first kappa shape index (κ1) is 16.8. The lowest BCUT2D eigenvalue weighted by molar-refractivity contribution is -0.518. The van der Waals surface area contributed by atoms with Crippen LogP contribution in [0.25, 0.3) is 0 Å². The van der Waals surface area contributed by atoms with E-state index in [1.165, 1.54) is 5.96 Å². The lowest BCUT2D eigenvalue weighted by Gasteiger charge is -2.27. The highest BCUT2D eigenvalue weighted by molar-refractivity contribution is 5.75. The van der Waals surface area contributed by atoms with Crippen molar-refractivity contribution in [1.29, 1.82) is 0 Å². The SMILES string of the molecule is C=CC[N+](CC=C)=C(N(CC)CC)N(CC)CC. The predicted molar refractivity (Wildman–Crippen MR) is 81.2 cm³/mol. The van der Waals surface area contributed by atoms with E-state index in [2.05, 4.69) is 55.2 Å². The van der Waals surface area contributed by atoms with E-state index in [0.717, 1.165) is 39.3 Å². The maximum Gasteiger partial charge on any atom is 0.350 e. The van der Waals surface area contributed by atoms with Gasteiger partial charge in [0.25, 0.3) is 0 Å². The summed E-state index contributed by atoms with van der Waals surface area (Å²) < 4.78 is 2.33. The minimum absolute atomic E-state index is 0.856. The van der Waals surface area contributed by atoms with Crippen LogP contribution in [-0.4, -0.2) is 59.6 Å². The van der Waals surface area contributed by atoms with Gasteiger partial charge in [-0.3, -0.25) is 14.4 Å². The molecule has 104 valence electrons. The van der Waals surface area contributed by atoms with E-state index in [4.69, 9.17) is 0 Å². The second kappa shape index (κ2) is 9.75. The van der Waals surface area contributed by atoms with Crippen LogP contribution in [0.4, 0.5) is 0 Å². The Morgan fingerprint density at radius 3 is 1.39 bits per heavy atom. The van der Waals surface area contributed by atoms with Gasteiger partial charge in [0, 0.05) is 0 Å². The third kappa shape index (κ3) is 4.55. The Morgan fingerprint density at radius 1 is 0.833 bits per heavy atom. The van der Waals surface area contributed by atoms with E-state index < -0.39 is 0 Å². The van der Waals surface area contributed by atoms with Crippen LogP contribution in [0.1, 0.15) is 27.7 Å². The van der Waals surface area contributed by atoms with Gasteiger partial charge in [-0.1, -0.05) is 25.3 Å². The molecule has 0 bridgehead atoms. The first-order chi connectivity index (χ1) is 8.69. The largest absolute Gasteiger partial charge is 0.350 e. The Bertz CT molecular complexity index is 247. The van der Waals surface area contributed by atoms with E-state index in [9.17, 15) is 0 Å². The van der Waals surface area contributed by atoms with Gasteiger partial charge in [0.15, 0.2) is 0 Å². The van der Waals surface area contributed by atoms with E-state index in [1.54, 1.807) is 0 Å². The molecule has 0 heterocycles. The summed E-state index contributed by atoms with van der Waals surface area (Å²) in [5, 5.41) is 0. The van der Waals surface area contributed by atoms with E-state index in [-0.39, 0.29) is 0 Å². The summed E-state index contributed by atoms with van der Waals surface area (Å²) in [7, 11) is 0. The van der Waals surface area contributed by atoms with Crippen molar-refractivity contribution >= 4 is 5.96 Å². The summed E-state index contributed by atoms with van der Waals surface area (Å²) in [5.41, 5.74) is 0. The van der Waals surface area contributed by atoms with E-state index >= 15 is 0 Å². The Kier molecular flexibility index (Phi) is 9.07. The van der Waals surface area contributed by atoms with Crippen LogP contribution in [0.3, 0.4) is 0 Å². The molecule has 3 nitrogen and oxygen atoms in total. The molecule has 18 heavy (non-hydrogen) atoms. The molecule has 3 heteroatoms. The van der Waals surface area contributed by atoms with Crippen molar-refractivity contribution in [3.05, 3.63) is 25.3 Å². The first-order valence-corrected chi connectivity index (χ1v) is 7.03. The molecule has 0 N–H and O–H groups in total. The van der Waals surface area contributed by atoms with Crippen molar-refractivity contribution < 1.29 is 4.58 Å². The second-order valence-corrected chi connectivity index (χ2v) is 4.13. The van der Waals surface area contributed by atoms with Gasteiger partial charge in [-0.05, 0) is 27.7 Å². The van der Waals surface area contributed by atoms with Crippen LogP contribution in [0.2, 0.25) is 0 Å². The zero-order valence-corrected chi connectivity index (χ0v) is 12.7. The normalized spacial score (nSPS) is 9.78. The van der Waals surface area contributed by atoms with Crippen LogP contribution in [0.5, 0.6) is 0 Å². The molecule has 0 aliphatic heterocycles. The summed E-state index contributed by atoms with van der Waals surface area (Å²) in [4.78, 5) is 4.81. The average Bonchev–Trinajstić information content (AvgIpc) is 2.39. The summed E-state index contributed by atoms with van der Waals surface area (Å²) in [6.07, 6.45) is 3.91. The van der Waals surface area contributed by atoms with Gasteiger partial charge in [-0.2, -0.15) is 0 Å². The Hall–Kier alpha value is -1.25. The molecule has 0 atom stereocenters. The molecule has 0 spiro atoms. The fraction of sp³-hybridized carbons (Fsp3) is 0.667. The molecule has 0 aromatic heterocycles. The van der Waals surface area contributed by atoms with E-state index in [1.807, 2.05) is 12.2 Å². The maximum atomic E-state index is 3.86. The number of rotatable bonds is 8. The van der Waals surface area contributed by atoms with Crippen molar-refractivity contribution in [2.75, 3.05) is 39.3 Å². The van der Waals surface area contributed by atoms with Crippen molar-refractivity contribution in [3.8, 4) is 0 Å². The minimum Gasteiger partial charge on any atom is -0.265 e. The van der Waals surface area contributed by atoms with Crippen LogP contribution in [0, 0.1) is 0 Å². The standard InChI is InChI=1S/C15H30N3/c1-7-13-18(14-8-2)15(16(9-3)10-4)17(11-5)12-6/h7-8H,1-2,9-14H2,3-6H3/q+1. The third-order valence-electron chi connectivity index (χ3n) is 3.07. The predicted octanol–water partition coefficient (Wildman–Crippen LogP) is 2.41. The molecule has 0 rings (SSSR count). The maximum absolute atomic E-state index is 3.86. The molecule has 0 aromatic carbocycles. The monoisotopic (exact) mass is 252 g/mol. The van der Waals surface area contributed by atoms with Crippen LogP contribution >= 0.6 is 0 Å². The summed E-state index contributed by atoms with van der Waals surface area (Å²) in [6.45, 7) is 22.3. The first-order valence-electron chi connectivity index (χ1n) is 7.03. The van der Waals surface area contributed by atoms with Gasteiger partial charge < -0.3 is 0 Å². The molecule has 0 fully saturated rings. The van der Waals surface area contributed by atoms with Crippen molar-refractivity contribution in [3.63, 3.8) is 0 Å². The molecular formula is C15H30N3+. The molecule has 0 unspecified atom stereocenters. The molecule has 0 aliphatic rings. The second-order valence-electron chi connectivity index (χ2n) is 4.13. The smallest absolute Gasteiger partial charge is 0.265 e. The minimum atomic E-state index is 0.856. The third-order valence-corrected chi connectivity index (χ3v) is 3.07. The quantitative estimate of drug-likeness (QED) is 0.284.